The molecule has 0 unspecified atom stereocenters. The number of piperidine rings is 1. The Balaban J connectivity index is 1.67. The molecule has 0 aromatic heterocycles. The molecule has 2 aromatic carbocycles. The van der Waals surface area contributed by atoms with Gasteiger partial charge in [0.25, 0.3) is 5.91 Å². The lowest BCUT2D eigenvalue weighted by Crippen LogP contribution is -2.41. The number of anilines is 1. The molecule has 7 nitrogen and oxygen atoms in total. The molecule has 1 saturated heterocycles. The maximum Gasteiger partial charge on any atom is 0.253 e. The van der Waals surface area contributed by atoms with Crippen LogP contribution in [-0.2, 0) is 14.8 Å². The molecule has 0 radical (unpaired) electrons. The molecule has 2 N–H and O–H groups in total. The molecule has 1 fully saturated rings. The molecule has 0 atom stereocenters. The monoisotopic (exact) mass is 497 g/mol. The zero-order valence-corrected chi connectivity index (χ0v) is 20.1. The molecule has 32 heavy (non-hydrogen) atoms. The van der Waals surface area contributed by atoms with E-state index in [1.807, 2.05) is 13.8 Å². The van der Waals surface area contributed by atoms with Gasteiger partial charge in [-0.2, -0.15) is 4.31 Å². The average molecular weight is 498 g/mol. The maximum absolute atomic E-state index is 13.0. The van der Waals surface area contributed by atoms with Crippen molar-refractivity contribution in [2.45, 2.75) is 37.6 Å². The minimum atomic E-state index is -3.82. The summed E-state index contributed by atoms with van der Waals surface area (Å²) < 4.78 is 27.3. The van der Waals surface area contributed by atoms with E-state index in [-0.39, 0.29) is 51.8 Å². The maximum atomic E-state index is 13.0. The Bertz CT molecular complexity index is 1110. The zero-order chi connectivity index (χ0) is 23.5. The SMILES string of the molecule is CC(C)NC(=O)c1ccccc1NC(=O)C1CCN(S(=O)(=O)c2cc(Cl)ccc2Cl)CC1. The molecule has 1 heterocycles. The van der Waals surface area contributed by atoms with Gasteiger partial charge in [-0.25, -0.2) is 8.42 Å². The minimum Gasteiger partial charge on any atom is -0.350 e. The van der Waals surface area contributed by atoms with E-state index in [2.05, 4.69) is 10.6 Å². The molecule has 10 heteroatoms. The van der Waals surface area contributed by atoms with Crippen LogP contribution in [0.3, 0.4) is 0 Å². The van der Waals surface area contributed by atoms with Crippen molar-refractivity contribution in [2.75, 3.05) is 18.4 Å². The van der Waals surface area contributed by atoms with Crippen LogP contribution in [-0.4, -0.2) is 43.7 Å². The zero-order valence-electron chi connectivity index (χ0n) is 17.8. The molecule has 1 aliphatic heterocycles. The molecular formula is C22H25Cl2N3O4S. The fourth-order valence-electron chi connectivity index (χ4n) is 3.54. The van der Waals surface area contributed by atoms with Gasteiger partial charge < -0.3 is 10.6 Å². The van der Waals surface area contributed by atoms with Crippen molar-refractivity contribution in [3.8, 4) is 0 Å². The van der Waals surface area contributed by atoms with Crippen LogP contribution in [0.2, 0.25) is 10.0 Å². The van der Waals surface area contributed by atoms with E-state index in [1.165, 1.54) is 22.5 Å². The lowest BCUT2D eigenvalue weighted by molar-refractivity contribution is -0.120. The van der Waals surface area contributed by atoms with Gasteiger partial charge >= 0.3 is 0 Å². The predicted molar refractivity (Wildman–Crippen MR) is 126 cm³/mol. The van der Waals surface area contributed by atoms with Crippen LogP contribution in [0.4, 0.5) is 5.69 Å². The Morgan fingerprint density at radius 3 is 2.38 bits per heavy atom. The van der Waals surface area contributed by atoms with Crippen molar-refractivity contribution in [2.24, 2.45) is 5.92 Å². The van der Waals surface area contributed by atoms with E-state index in [0.29, 0.717) is 24.1 Å². The topological polar surface area (TPSA) is 95.6 Å². The van der Waals surface area contributed by atoms with Gasteiger partial charge in [0.15, 0.2) is 0 Å². The van der Waals surface area contributed by atoms with Crippen LogP contribution >= 0.6 is 23.2 Å². The number of carbonyl (C=O) groups is 2. The first-order chi connectivity index (χ1) is 15.1. The van der Waals surface area contributed by atoms with Crippen molar-refractivity contribution in [1.82, 2.24) is 9.62 Å². The number of nitrogens with zero attached hydrogens (tertiary/aromatic N) is 1. The Morgan fingerprint density at radius 2 is 1.72 bits per heavy atom. The van der Waals surface area contributed by atoms with Crippen LogP contribution in [0.25, 0.3) is 0 Å². The Labute approximate surface area is 198 Å². The quantitative estimate of drug-likeness (QED) is 0.625. The number of nitrogens with one attached hydrogen (secondary N) is 2. The fraction of sp³-hybridized carbons (Fsp3) is 0.364. The summed E-state index contributed by atoms with van der Waals surface area (Å²) in [6.07, 6.45) is 0.702. The summed E-state index contributed by atoms with van der Waals surface area (Å²) in [6.45, 7) is 4.08. The molecule has 0 saturated carbocycles. The van der Waals surface area contributed by atoms with Crippen LogP contribution in [0.5, 0.6) is 0 Å². The Hall–Kier alpha value is -2.13. The molecule has 0 aliphatic carbocycles. The summed E-state index contributed by atoms with van der Waals surface area (Å²) >= 11 is 12.0. The number of amides is 2. The molecule has 172 valence electrons. The van der Waals surface area contributed by atoms with Gasteiger partial charge in [0.05, 0.1) is 16.3 Å². The Kier molecular flexibility index (Phi) is 7.82. The molecule has 0 spiro atoms. The third-order valence-corrected chi connectivity index (χ3v) is 7.80. The molecular weight excluding hydrogens is 473 g/mol. The van der Waals surface area contributed by atoms with Gasteiger partial charge in [-0.15, -0.1) is 0 Å². The van der Waals surface area contributed by atoms with Crippen molar-refractivity contribution < 1.29 is 18.0 Å². The summed E-state index contributed by atoms with van der Waals surface area (Å²) in [6, 6.07) is 11.1. The highest BCUT2D eigenvalue weighted by Gasteiger charge is 2.33. The first-order valence-corrected chi connectivity index (χ1v) is 12.4. The van der Waals surface area contributed by atoms with Gasteiger partial charge in [0.1, 0.15) is 4.90 Å². The van der Waals surface area contributed by atoms with Crippen LogP contribution < -0.4 is 10.6 Å². The summed E-state index contributed by atoms with van der Waals surface area (Å²) in [4.78, 5) is 25.2. The second-order valence-corrected chi connectivity index (χ2v) is 10.7. The van der Waals surface area contributed by atoms with E-state index in [9.17, 15) is 18.0 Å². The Morgan fingerprint density at radius 1 is 1.06 bits per heavy atom. The summed E-state index contributed by atoms with van der Waals surface area (Å²) in [7, 11) is -3.82. The third kappa shape index (κ3) is 5.61. The molecule has 1 aliphatic rings. The highest BCUT2D eigenvalue weighted by molar-refractivity contribution is 7.89. The van der Waals surface area contributed by atoms with Crippen molar-refractivity contribution in [1.29, 1.82) is 0 Å². The molecule has 2 aromatic rings. The second kappa shape index (κ2) is 10.2. The number of benzene rings is 2. The highest BCUT2D eigenvalue weighted by Crippen LogP contribution is 2.30. The second-order valence-electron chi connectivity index (χ2n) is 7.92. The van der Waals surface area contributed by atoms with Crippen molar-refractivity contribution >= 4 is 50.7 Å². The number of carbonyl (C=O) groups excluding carboxylic acids is 2. The van der Waals surface area contributed by atoms with Gasteiger partial charge in [-0.05, 0) is 57.0 Å². The first-order valence-electron chi connectivity index (χ1n) is 10.3. The number of hydrogen-bond acceptors (Lipinski definition) is 4. The molecule has 2 amide bonds. The van der Waals surface area contributed by atoms with Crippen molar-refractivity contribution in [3.05, 3.63) is 58.1 Å². The minimum absolute atomic E-state index is 0.0365. The molecule has 0 bridgehead atoms. The van der Waals surface area contributed by atoms with E-state index in [0.717, 1.165) is 0 Å². The molecule has 3 rings (SSSR count). The van der Waals surface area contributed by atoms with Crippen LogP contribution in [0.1, 0.15) is 37.0 Å². The largest absolute Gasteiger partial charge is 0.350 e. The van der Waals surface area contributed by atoms with Gasteiger partial charge in [0.2, 0.25) is 15.9 Å². The smallest absolute Gasteiger partial charge is 0.253 e. The number of para-hydroxylation sites is 1. The standard InChI is InChI=1S/C22H25Cl2N3O4S/c1-14(2)25-22(29)17-5-3-4-6-19(17)26-21(28)15-9-11-27(12-10-15)32(30,31)20-13-16(23)7-8-18(20)24/h3-8,13-15H,9-12H2,1-2H3,(H,25,29)(H,26,28). The highest BCUT2D eigenvalue weighted by atomic mass is 35.5. The van der Waals surface area contributed by atoms with E-state index in [1.54, 1.807) is 24.3 Å². The number of sulfonamides is 1. The van der Waals surface area contributed by atoms with Crippen LogP contribution in [0, 0.1) is 5.92 Å². The third-order valence-electron chi connectivity index (χ3n) is 5.19. The van der Waals surface area contributed by atoms with Gasteiger partial charge in [-0.3, -0.25) is 9.59 Å². The van der Waals surface area contributed by atoms with E-state index >= 15 is 0 Å². The summed E-state index contributed by atoms with van der Waals surface area (Å²) in [5.74, 6) is -0.889. The summed E-state index contributed by atoms with van der Waals surface area (Å²) in [5, 5.41) is 6.03. The van der Waals surface area contributed by atoms with E-state index < -0.39 is 10.0 Å². The number of rotatable bonds is 6. The van der Waals surface area contributed by atoms with Gasteiger partial charge in [-0.1, -0.05) is 35.3 Å². The van der Waals surface area contributed by atoms with Crippen LogP contribution in [0.15, 0.2) is 47.4 Å². The lowest BCUT2D eigenvalue weighted by atomic mass is 9.97. The average Bonchev–Trinajstić information content (AvgIpc) is 2.75. The first kappa shape index (κ1) is 24.5. The van der Waals surface area contributed by atoms with Gasteiger partial charge in [0, 0.05) is 30.1 Å². The summed E-state index contributed by atoms with van der Waals surface area (Å²) in [5.41, 5.74) is 0.807. The number of hydrogen-bond donors (Lipinski definition) is 2. The fourth-order valence-corrected chi connectivity index (χ4v) is 5.74. The van der Waals surface area contributed by atoms with Crippen molar-refractivity contribution in [3.63, 3.8) is 0 Å². The number of halogens is 2. The van der Waals surface area contributed by atoms with E-state index in [4.69, 9.17) is 23.2 Å². The lowest BCUT2D eigenvalue weighted by Gasteiger charge is -2.31. The predicted octanol–water partition coefficient (Wildman–Crippen LogP) is 4.17. The normalized spacial score (nSPS) is 15.5.